The third-order valence-electron chi connectivity index (χ3n) is 3.05. The van der Waals surface area contributed by atoms with E-state index in [1.165, 1.54) is 0 Å². The molecule has 0 radical (unpaired) electrons. The van der Waals surface area contributed by atoms with Crippen LogP contribution in [0, 0.1) is 5.92 Å². The fraction of sp³-hybridized carbons (Fsp3) is 1.00. The van der Waals surface area contributed by atoms with Gasteiger partial charge in [0.2, 0.25) is 0 Å². The van der Waals surface area contributed by atoms with Crippen molar-refractivity contribution in [3.05, 3.63) is 0 Å². The van der Waals surface area contributed by atoms with Gasteiger partial charge in [0, 0.05) is 5.92 Å². The molecule has 2 aliphatic rings. The Labute approximate surface area is 85.8 Å². The minimum atomic E-state index is -2.76. The highest BCUT2D eigenvalue weighted by Crippen LogP contribution is 2.42. The second-order valence-electron chi connectivity index (χ2n) is 5.45. The van der Waals surface area contributed by atoms with Crippen molar-refractivity contribution < 1.29 is 13.2 Å². The van der Waals surface area contributed by atoms with Gasteiger partial charge in [-0.3, -0.25) is 0 Å². The van der Waals surface area contributed by atoms with Gasteiger partial charge in [-0.2, -0.15) is 0 Å². The van der Waals surface area contributed by atoms with Crippen molar-refractivity contribution >= 4 is 9.84 Å². The third kappa shape index (κ3) is 1.82. The Balaban J connectivity index is 2.04. The van der Waals surface area contributed by atoms with Crippen molar-refractivity contribution in [1.82, 2.24) is 0 Å². The molecule has 1 aliphatic carbocycles. The molecule has 0 N–H and O–H groups in total. The first kappa shape index (κ1) is 10.4. The molecular weight excluding hydrogens is 200 g/mol. The molecule has 2 rings (SSSR count). The summed E-state index contributed by atoms with van der Waals surface area (Å²) < 4.78 is 28.8. The maximum Gasteiger partial charge on any atom is 0.153 e. The highest BCUT2D eigenvalue weighted by atomic mass is 32.2. The molecule has 82 valence electrons. The molecule has 1 heterocycles. The Kier molecular flexibility index (Phi) is 2.20. The van der Waals surface area contributed by atoms with Crippen LogP contribution in [0.2, 0.25) is 0 Å². The summed E-state index contributed by atoms with van der Waals surface area (Å²) in [6.07, 6.45) is 1.70. The van der Waals surface area contributed by atoms with Crippen molar-refractivity contribution in [1.29, 1.82) is 0 Å². The van der Waals surface area contributed by atoms with Gasteiger partial charge in [-0.15, -0.1) is 0 Å². The second-order valence-corrected chi connectivity index (χ2v) is 7.78. The standard InChI is InChI=1S/C10H18O3S/c1-10(2,3)13-9-5-8-4-7(9)6-14(8,11)12/h7-9H,4-6H2,1-3H3. The van der Waals surface area contributed by atoms with Gasteiger partial charge in [-0.25, -0.2) is 8.42 Å². The van der Waals surface area contributed by atoms with Crippen LogP contribution in [-0.4, -0.2) is 31.1 Å². The molecule has 3 nitrogen and oxygen atoms in total. The van der Waals surface area contributed by atoms with E-state index in [4.69, 9.17) is 4.74 Å². The SMILES string of the molecule is CC(C)(C)OC1CC2CC1CS2(=O)=O. The predicted octanol–water partition coefficient (Wildman–Crippen LogP) is 1.38. The maximum atomic E-state index is 11.5. The van der Waals surface area contributed by atoms with Crippen molar-refractivity contribution in [2.75, 3.05) is 5.75 Å². The van der Waals surface area contributed by atoms with Crippen LogP contribution in [0.25, 0.3) is 0 Å². The van der Waals surface area contributed by atoms with E-state index in [9.17, 15) is 8.42 Å². The fourth-order valence-corrected chi connectivity index (χ4v) is 4.78. The van der Waals surface area contributed by atoms with Crippen LogP contribution in [0.1, 0.15) is 33.6 Å². The van der Waals surface area contributed by atoms with E-state index in [0.717, 1.165) is 6.42 Å². The lowest BCUT2D eigenvalue weighted by molar-refractivity contribution is -0.0725. The molecule has 1 saturated heterocycles. The molecule has 2 fully saturated rings. The molecule has 0 aromatic rings. The molecule has 14 heavy (non-hydrogen) atoms. The van der Waals surface area contributed by atoms with Gasteiger partial charge in [0.05, 0.1) is 22.7 Å². The number of rotatable bonds is 1. The average molecular weight is 218 g/mol. The zero-order chi connectivity index (χ0) is 10.6. The zero-order valence-electron chi connectivity index (χ0n) is 8.99. The summed E-state index contributed by atoms with van der Waals surface area (Å²) in [6, 6.07) is 0. The van der Waals surface area contributed by atoms with Crippen molar-refractivity contribution in [3.8, 4) is 0 Å². The van der Waals surface area contributed by atoms with E-state index >= 15 is 0 Å². The lowest BCUT2D eigenvalue weighted by atomic mass is 10.1. The van der Waals surface area contributed by atoms with Crippen LogP contribution in [0.4, 0.5) is 0 Å². The Bertz CT molecular complexity index is 326. The summed E-state index contributed by atoms with van der Waals surface area (Å²) in [4.78, 5) is 0. The molecule has 0 aromatic heterocycles. The molecule has 1 saturated carbocycles. The van der Waals surface area contributed by atoms with E-state index in [2.05, 4.69) is 0 Å². The van der Waals surface area contributed by atoms with Gasteiger partial charge in [0.25, 0.3) is 0 Å². The van der Waals surface area contributed by atoms with Crippen LogP contribution < -0.4 is 0 Å². The highest BCUT2D eigenvalue weighted by molar-refractivity contribution is 7.92. The van der Waals surface area contributed by atoms with Gasteiger partial charge in [0.15, 0.2) is 9.84 Å². The number of sulfone groups is 1. The summed E-state index contributed by atoms with van der Waals surface area (Å²) in [5.41, 5.74) is -0.154. The molecule has 0 amide bonds. The Morgan fingerprint density at radius 2 is 1.86 bits per heavy atom. The quantitative estimate of drug-likeness (QED) is 0.668. The van der Waals surface area contributed by atoms with Crippen molar-refractivity contribution in [2.24, 2.45) is 5.92 Å². The summed E-state index contributed by atoms with van der Waals surface area (Å²) in [7, 11) is -2.76. The van der Waals surface area contributed by atoms with Crippen molar-refractivity contribution in [3.63, 3.8) is 0 Å². The normalized spacial score (nSPS) is 40.4. The molecule has 3 unspecified atom stereocenters. The van der Waals surface area contributed by atoms with Crippen LogP contribution in [0.15, 0.2) is 0 Å². The topological polar surface area (TPSA) is 43.4 Å². The van der Waals surface area contributed by atoms with Gasteiger partial charge in [0.1, 0.15) is 0 Å². The minimum Gasteiger partial charge on any atom is -0.372 e. The molecule has 1 aliphatic heterocycles. The van der Waals surface area contributed by atoms with Gasteiger partial charge >= 0.3 is 0 Å². The molecular formula is C10H18O3S. The average Bonchev–Trinajstić information content (AvgIpc) is 2.38. The Morgan fingerprint density at radius 1 is 1.21 bits per heavy atom. The fourth-order valence-electron chi connectivity index (χ4n) is 2.54. The Hall–Kier alpha value is -0.0900. The number of fused-ring (bicyclic) bond motifs is 2. The van der Waals surface area contributed by atoms with Gasteiger partial charge in [-0.1, -0.05) is 0 Å². The van der Waals surface area contributed by atoms with Crippen LogP contribution in [0.5, 0.6) is 0 Å². The smallest absolute Gasteiger partial charge is 0.153 e. The largest absolute Gasteiger partial charge is 0.372 e. The molecule has 4 heteroatoms. The third-order valence-corrected chi connectivity index (χ3v) is 5.34. The lowest BCUT2D eigenvalue weighted by Gasteiger charge is -2.30. The first-order chi connectivity index (χ1) is 6.28. The molecule has 0 aromatic carbocycles. The number of hydrogen-bond acceptors (Lipinski definition) is 3. The summed E-state index contributed by atoms with van der Waals surface area (Å²) in [6.45, 7) is 6.06. The second kappa shape index (κ2) is 2.95. The number of hydrogen-bond donors (Lipinski definition) is 0. The zero-order valence-corrected chi connectivity index (χ0v) is 9.80. The minimum absolute atomic E-state index is 0.111. The summed E-state index contributed by atoms with van der Waals surface area (Å²) in [5.74, 6) is 0.600. The lowest BCUT2D eigenvalue weighted by Crippen LogP contribution is -2.35. The monoisotopic (exact) mass is 218 g/mol. The van der Waals surface area contributed by atoms with E-state index in [1.54, 1.807) is 0 Å². The van der Waals surface area contributed by atoms with Crippen molar-refractivity contribution in [2.45, 2.75) is 50.6 Å². The maximum absolute atomic E-state index is 11.5. The van der Waals surface area contributed by atoms with Crippen LogP contribution >= 0.6 is 0 Å². The molecule has 2 bridgehead atoms. The van der Waals surface area contributed by atoms with Crippen LogP contribution in [-0.2, 0) is 14.6 Å². The Morgan fingerprint density at radius 3 is 2.21 bits per heavy atom. The van der Waals surface area contributed by atoms with E-state index in [0.29, 0.717) is 12.2 Å². The highest BCUT2D eigenvalue weighted by Gasteiger charge is 2.50. The van der Waals surface area contributed by atoms with E-state index in [1.807, 2.05) is 20.8 Å². The predicted molar refractivity (Wildman–Crippen MR) is 54.9 cm³/mol. The first-order valence-corrected chi connectivity index (χ1v) is 6.89. The van der Waals surface area contributed by atoms with E-state index in [-0.39, 0.29) is 22.9 Å². The number of ether oxygens (including phenoxy) is 1. The first-order valence-electron chi connectivity index (χ1n) is 5.17. The molecule has 3 atom stereocenters. The van der Waals surface area contributed by atoms with E-state index < -0.39 is 9.84 Å². The molecule has 0 spiro atoms. The summed E-state index contributed by atoms with van der Waals surface area (Å²) in [5, 5.41) is -0.111. The summed E-state index contributed by atoms with van der Waals surface area (Å²) >= 11 is 0. The van der Waals surface area contributed by atoms with Gasteiger partial charge < -0.3 is 4.74 Å². The van der Waals surface area contributed by atoms with Crippen LogP contribution in [0.3, 0.4) is 0 Å². The van der Waals surface area contributed by atoms with Gasteiger partial charge in [-0.05, 0) is 33.6 Å².